The van der Waals surface area contributed by atoms with Gasteiger partial charge in [-0.1, -0.05) is 11.3 Å². The lowest BCUT2D eigenvalue weighted by molar-refractivity contribution is 0.197. The van der Waals surface area contributed by atoms with Gasteiger partial charge in [-0.3, -0.25) is 9.29 Å². The molecule has 1 saturated heterocycles. The monoisotopic (exact) mass is 230 g/mol. The minimum absolute atomic E-state index is 0.228. The van der Waals surface area contributed by atoms with Crippen LogP contribution in [0.25, 0.3) is 0 Å². The molecule has 1 aliphatic heterocycles. The highest BCUT2D eigenvalue weighted by molar-refractivity contribution is 7.11. The summed E-state index contributed by atoms with van der Waals surface area (Å²) in [5.41, 5.74) is 0. The zero-order chi connectivity index (χ0) is 10.5. The Hall–Kier alpha value is -0.680. The molecular formula is C10H15FN2OS. The second kappa shape index (κ2) is 5.42. The number of hydrogen-bond acceptors (Lipinski definition) is 4. The molecule has 1 fully saturated rings. The molecule has 1 aromatic rings. The molecule has 2 heterocycles. The number of nitrogens with zero attached hydrogens (tertiary/aromatic N) is 2. The van der Waals surface area contributed by atoms with Crippen LogP contribution in [0, 0.1) is 0 Å². The highest BCUT2D eigenvalue weighted by atomic mass is 32.1. The zero-order valence-corrected chi connectivity index (χ0v) is 9.38. The first-order valence-corrected chi connectivity index (χ1v) is 6.11. The van der Waals surface area contributed by atoms with E-state index in [1.165, 1.54) is 11.3 Å². The quantitative estimate of drug-likeness (QED) is 0.773. The molecule has 84 valence electrons. The third-order valence-corrected chi connectivity index (χ3v) is 3.18. The van der Waals surface area contributed by atoms with E-state index >= 15 is 0 Å². The topological polar surface area (TPSA) is 25.4 Å². The normalized spacial score (nSPS) is 22.1. The number of aromatic nitrogens is 1. The Kier molecular flexibility index (Phi) is 3.91. The van der Waals surface area contributed by atoms with Gasteiger partial charge in [0.25, 0.3) is 5.19 Å². The molecule has 0 aromatic carbocycles. The molecule has 2 rings (SSSR count). The fourth-order valence-electron chi connectivity index (χ4n) is 1.79. The Morgan fingerprint density at radius 2 is 2.60 bits per heavy atom. The van der Waals surface area contributed by atoms with Crippen LogP contribution in [0.1, 0.15) is 12.8 Å². The van der Waals surface area contributed by atoms with Crippen LogP contribution in [0.4, 0.5) is 4.39 Å². The predicted octanol–water partition coefficient (Wildman–Crippen LogP) is 1.96. The zero-order valence-electron chi connectivity index (χ0n) is 8.56. The highest BCUT2D eigenvalue weighted by Crippen LogP contribution is 2.20. The maximum Gasteiger partial charge on any atom is 0.273 e. The van der Waals surface area contributed by atoms with Crippen LogP contribution in [0.2, 0.25) is 0 Å². The Balaban J connectivity index is 1.73. The van der Waals surface area contributed by atoms with Crippen molar-refractivity contribution < 1.29 is 9.13 Å². The standard InChI is InChI=1S/C10H15FN2OS/c11-3-1-5-13-6-2-9(8-13)14-10-12-4-7-15-10/h4,7,9H,1-3,5-6,8H2/t9-/m1/s1. The van der Waals surface area contributed by atoms with Gasteiger partial charge >= 0.3 is 0 Å². The third kappa shape index (κ3) is 3.14. The van der Waals surface area contributed by atoms with Gasteiger partial charge in [-0.15, -0.1) is 0 Å². The van der Waals surface area contributed by atoms with Gasteiger partial charge in [0, 0.05) is 31.2 Å². The van der Waals surface area contributed by atoms with Crippen molar-refractivity contribution >= 4 is 11.3 Å². The maximum absolute atomic E-state index is 12.0. The van der Waals surface area contributed by atoms with Crippen molar-refractivity contribution in [1.82, 2.24) is 9.88 Å². The Bertz CT molecular complexity index is 281. The van der Waals surface area contributed by atoms with E-state index in [-0.39, 0.29) is 12.8 Å². The van der Waals surface area contributed by atoms with E-state index in [1.807, 2.05) is 5.38 Å². The van der Waals surface area contributed by atoms with Crippen molar-refractivity contribution in [1.29, 1.82) is 0 Å². The lowest BCUT2D eigenvalue weighted by Crippen LogP contribution is -2.26. The number of alkyl halides is 1. The molecule has 0 spiro atoms. The van der Waals surface area contributed by atoms with Crippen molar-refractivity contribution in [2.45, 2.75) is 18.9 Å². The summed E-state index contributed by atoms with van der Waals surface area (Å²) in [7, 11) is 0. The molecule has 1 atom stereocenters. The van der Waals surface area contributed by atoms with Crippen LogP contribution in [-0.2, 0) is 0 Å². The SMILES string of the molecule is FCCCN1CC[C@@H](Oc2nccs2)C1. The lowest BCUT2D eigenvalue weighted by Gasteiger charge is -2.14. The van der Waals surface area contributed by atoms with E-state index < -0.39 is 0 Å². The second-order valence-corrected chi connectivity index (χ2v) is 4.53. The number of rotatable bonds is 5. The van der Waals surface area contributed by atoms with Crippen LogP contribution in [-0.4, -0.2) is 42.3 Å². The lowest BCUT2D eigenvalue weighted by atomic mass is 10.3. The molecular weight excluding hydrogens is 215 g/mol. The number of likely N-dealkylation sites (tertiary alicyclic amines) is 1. The summed E-state index contributed by atoms with van der Waals surface area (Å²) in [6, 6.07) is 0. The summed E-state index contributed by atoms with van der Waals surface area (Å²) in [4.78, 5) is 6.33. The van der Waals surface area contributed by atoms with Crippen molar-refractivity contribution in [3.05, 3.63) is 11.6 Å². The molecule has 1 aliphatic rings. The van der Waals surface area contributed by atoms with Crippen LogP contribution in [0.5, 0.6) is 5.19 Å². The predicted molar refractivity (Wildman–Crippen MR) is 58.2 cm³/mol. The van der Waals surface area contributed by atoms with E-state index in [2.05, 4.69) is 9.88 Å². The van der Waals surface area contributed by atoms with Gasteiger partial charge in [0.05, 0.1) is 6.67 Å². The van der Waals surface area contributed by atoms with Gasteiger partial charge in [0.2, 0.25) is 0 Å². The minimum Gasteiger partial charge on any atom is -0.465 e. The molecule has 0 amide bonds. The fraction of sp³-hybridized carbons (Fsp3) is 0.700. The Morgan fingerprint density at radius 1 is 1.67 bits per heavy atom. The number of ether oxygens (including phenoxy) is 1. The summed E-state index contributed by atoms with van der Waals surface area (Å²) in [5.74, 6) is 0. The van der Waals surface area contributed by atoms with Crippen LogP contribution in [0.3, 0.4) is 0 Å². The fourth-order valence-corrected chi connectivity index (χ4v) is 2.34. The molecule has 15 heavy (non-hydrogen) atoms. The first-order chi connectivity index (χ1) is 7.38. The summed E-state index contributed by atoms with van der Waals surface area (Å²) < 4.78 is 17.7. The summed E-state index contributed by atoms with van der Waals surface area (Å²) in [6.45, 7) is 2.53. The largest absolute Gasteiger partial charge is 0.465 e. The van der Waals surface area contributed by atoms with Crippen molar-refractivity contribution in [2.75, 3.05) is 26.3 Å². The summed E-state index contributed by atoms with van der Waals surface area (Å²) in [6.07, 6.45) is 3.63. The van der Waals surface area contributed by atoms with Gasteiger partial charge < -0.3 is 4.74 Å². The highest BCUT2D eigenvalue weighted by Gasteiger charge is 2.23. The number of hydrogen-bond donors (Lipinski definition) is 0. The smallest absolute Gasteiger partial charge is 0.273 e. The molecule has 0 aliphatic carbocycles. The molecule has 0 bridgehead atoms. The van der Waals surface area contributed by atoms with Gasteiger partial charge in [-0.2, -0.15) is 0 Å². The van der Waals surface area contributed by atoms with Gasteiger partial charge in [-0.25, -0.2) is 4.98 Å². The Morgan fingerprint density at radius 3 is 3.33 bits per heavy atom. The first kappa shape index (κ1) is 10.8. The Labute approximate surface area is 92.9 Å². The van der Waals surface area contributed by atoms with E-state index in [9.17, 15) is 4.39 Å². The van der Waals surface area contributed by atoms with Crippen LogP contribution >= 0.6 is 11.3 Å². The van der Waals surface area contributed by atoms with Crippen molar-refractivity contribution in [2.24, 2.45) is 0 Å². The van der Waals surface area contributed by atoms with E-state index in [1.54, 1.807) is 6.20 Å². The molecule has 5 heteroatoms. The average molecular weight is 230 g/mol. The van der Waals surface area contributed by atoms with Crippen LogP contribution < -0.4 is 4.74 Å². The van der Waals surface area contributed by atoms with Gasteiger partial charge in [-0.05, 0) is 12.8 Å². The molecule has 0 saturated carbocycles. The van der Waals surface area contributed by atoms with Crippen molar-refractivity contribution in [3.63, 3.8) is 0 Å². The van der Waals surface area contributed by atoms with E-state index in [0.717, 1.165) is 31.2 Å². The van der Waals surface area contributed by atoms with Crippen LogP contribution in [0.15, 0.2) is 11.6 Å². The number of halogens is 1. The third-order valence-electron chi connectivity index (χ3n) is 2.51. The van der Waals surface area contributed by atoms with E-state index in [4.69, 9.17) is 4.74 Å². The first-order valence-electron chi connectivity index (χ1n) is 5.23. The number of thiazole rings is 1. The average Bonchev–Trinajstić information content (AvgIpc) is 2.87. The summed E-state index contributed by atoms with van der Waals surface area (Å²) in [5, 5.41) is 2.65. The van der Waals surface area contributed by atoms with E-state index in [0.29, 0.717) is 6.42 Å². The summed E-state index contributed by atoms with van der Waals surface area (Å²) >= 11 is 1.52. The molecule has 1 aromatic heterocycles. The van der Waals surface area contributed by atoms with Gasteiger partial charge in [0.15, 0.2) is 0 Å². The molecule has 0 N–H and O–H groups in total. The second-order valence-electron chi connectivity index (χ2n) is 3.67. The molecule has 0 unspecified atom stereocenters. The molecule has 3 nitrogen and oxygen atoms in total. The van der Waals surface area contributed by atoms with Gasteiger partial charge in [0.1, 0.15) is 6.10 Å². The van der Waals surface area contributed by atoms with Crippen molar-refractivity contribution in [3.8, 4) is 5.19 Å². The maximum atomic E-state index is 12.0. The minimum atomic E-state index is -0.228. The molecule has 0 radical (unpaired) electrons.